The topological polar surface area (TPSA) is 73.3 Å². The molecule has 7 heteroatoms. The van der Waals surface area contributed by atoms with Crippen molar-refractivity contribution >= 4 is 23.2 Å². The van der Waals surface area contributed by atoms with Gasteiger partial charge in [-0.15, -0.1) is 11.6 Å². The molecule has 1 N–H and O–H groups in total. The van der Waals surface area contributed by atoms with Crippen molar-refractivity contribution in [2.45, 2.75) is 26.7 Å². The zero-order chi connectivity index (χ0) is 14.1. The largest absolute Gasteiger partial charge is 0.476 e. The van der Waals surface area contributed by atoms with Crippen molar-refractivity contribution in [1.82, 2.24) is 9.97 Å². The van der Waals surface area contributed by atoms with E-state index in [9.17, 15) is 4.79 Å². The van der Waals surface area contributed by atoms with E-state index < -0.39 is 0 Å². The second-order valence-corrected chi connectivity index (χ2v) is 4.00. The molecule has 0 atom stereocenters. The third-order valence-corrected chi connectivity index (χ3v) is 2.29. The maximum Gasteiger partial charge on any atom is 0.245 e. The van der Waals surface area contributed by atoms with E-state index in [1.165, 1.54) is 6.33 Å². The van der Waals surface area contributed by atoms with E-state index in [0.717, 1.165) is 12.8 Å². The van der Waals surface area contributed by atoms with Gasteiger partial charge in [0.25, 0.3) is 0 Å². The van der Waals surface area contributed by atoms with Crippen LogP contribution in [0.25, 0.3) is 0 Å². The van der Waals surface area contributed by atoms with Gasteiger partial charge < -0.3 is 14.8 Å². The maximum absolute atomic E-state index is 11.4. The lowest BCUT2D eigenvalue weighted by atomic mass is 10.4. The van der Waals surface area contributed by atoms with E-state index in [-0.39, 0.29) is 11.8 Å². The Balaban J connectivity index is 2.96. The van der Waals surface area contributed by atoms with Crippen LogP contribution in [-0.2, 0) is 4.79 Å². The maximum atomic E-state index is 11.4. The van der Waals surface area contributed by atoms with Gasteiger partial charge in [-0.25, -0.2) is 0 Å². The number of carbonyl (C=O) groups is 1. The summed E-state index contributed by atoms with van der Waals surface area (Å²) in [7, 11) is 0. The molecule has 19 heavy (non-hydrogen) atoms. The summed E-state index contributed by atoms with van der Waals surface area (Å²) in [5, 5.41) is 2.60. The molecule has 0 spiro atoms. The molecular weight excluding hydrogens is 270 g/mol. The van der Waals surface area contributed by atoms with Crippen LogP contribution in [0, 0.1) is 0 Å². The van der Waals surface area contributed by atoms with Gasteiger partial charge in [0.05, 0.1) is 13.2 Å². The number of anilines is 1. The minimum atomic E-state index is -0.362. The van der Waals surface area contributed by atoms with Crippen LogP contribution in [0.1, 0.15) is 26.7 Å². The van der Waals surface area contributed by atoms with E-state index >= 15 is 0 Å². The molecule has 0 saturated heterocycles. The number of alkyl halides is 1. The van der Waals surface area contributed by atoms with Crippen molar-refractivity contribution in [3.05, 3.63) is 6.33 Å². The lowest BCUT2D eigenvalue weighted by Gasteiger charge is -2.13. The lowest BCUT2D eigenvalue weighted by Crippen LogP contribution is -2.16. The summed E-state index contributed by atoms with van der Waals surface area (Å²) >= 11 is 5.48. The van der Waals surface area contributed by atoms with Gasteiger partial charge in [0.15, 0.2) is 5.69 Å². The Kier molecular flexibility index (Phi) is 6.95. The zero-order valence-electron chi connectivity index (χ0n) is 11.1. The molecule has 0 aliphatic heterocycles. The molecule has 0 aliphatic rings. The molecule has 1 heterocycles. The average molecular weight is 288 g/mol. The first-order chi connectivity index (χ1) is 9.22. The summed E-state index contributed by atoms with van der Waals surface area (Å²) in [5.74, 6) is 0.0667. The van der Waals surface area contributed by atoms with Crippen molar-refractivity contribution in [2.75, 3.05) is 24.4 Å². The Morgan fingerprint density at radius 1 is 1.21 bits per heavy atom. The minimum Gasteiger partial charge on any atom is -0.476 e. The number of hydrogen-bond donors (Lipinski definition) is 1. The van der Waals surface area contributed by atoms with Crippen LogP contribution >= 0.6 is 11.6 Å². The highest BCUT2D eigenvalue weighted by atomic mass is 35.5. The number of halogens is 1. The molecular formula is C12H18ClN3O3. The number of carbonyl (C=O) groups excluding carboxylic acids is 1. The summed E-state index contributed by atoms with van der Waals surface area (Å²) in [4.78, 5) is 19.4. The lowest BCUT2D eigenvalue weighted by molar-refractivity contribution is -0.114. The van der Waals surface area contributed by atoms with E-state index in [4.69, 9.17) is 21.1 Å². The second kappa shape index (κ2) is 8.53. The van der Waals surface area contributed by atoms with Gasteiger partial charge in [0.1, 0.15) is 12.2 Å². The van der Waals surface area contributed by atoms with Gasteiger partial charge in [-0.2, -0.15) is 9.97 Å². The first kappa shape index (κ1) is 15.5. The van der Waals surface area contributed by atoms with Gasteiger partial charge in [-0.05, 0) is 12.8 Å². The molecule has 0 fully saturated rings. The fourth-order valence-electron chi connectivity index (χ4n) is 1.25. The molecule has 1 amide bonds. The van der Waals surface area contributed by atoms with Gasteiger partial charge >= 0.3 is 0 Å². The third-order valence-electron chi connectivity index (χ3n) is 2.05. The van der Waals surface area contributed by atoms with Crippen molar-refractivity contribution < 1.29 is 14.3 Å². The fraction of sp³-hybridized carbons (Fsp3) is 0.583. The highest BCUT2D eigenvalue weighted by Gasteiger charge is 2.16. The molecule has 0 radical (unpaired) electrons. The van der Waals surface area contributed by atoms with E-state index in [0.29, 0.717) is 30.7 Å². The number of hydrogen-bond acceptors (Lipinski definition) is 5. The molecule has 106 valence electrons. The third kappa shape index (κ3) is 4.90. The number of ether oxygens (including phenoxy) is 2. The van der Waals surface area contributed by atoms with Crippen LogP contribution in [0.2, 0.25) is 0 Å². The predicted molar refractivity (Wildman–Crippen MR) is 73.0 cm³/mol. The Bertz CT molecular complexity index is 389. The number of nitrogens with one attached hydrogen (secondary N) is 1. The molecule has 1 aromatic rings. The molecule has 1 rings (SSSR count). The summed E-state index contributed by atoms with van der Waals surface area (Å²) in [6.07, 6.45) is 3.00. The van der Waals surface area contributed by atoms with Crippen LogP contribution in [-0.4, -0.2) is 35.0 Å². The van der Waals surface area contributed by atoms with Crippen LogP contribution < -0.4 is 14.8 Å². The van der Waals surface area contributed by atoms with Crippen molar-refractivity contribution in [3.8, 4) is 11.8 Å². The van der Waals surface area contributed by atoms with E-state index in [2.05, 4.69) is 15.3 Å². The SMILES string of the molecule is CCCOc1ncnc(OCCC)c1NC(=O)CCl. The van der Waals surface area contributed by atoms with Crippen molar-refractivity contribution in [2.24, 2.45) is 0 Å². The van der Waals surface area contributed by atoms with E-state index in [1.54, 1.807) is 0 Å². The van der Waals surface area contributed by atoms with Gasteiger partial charge in [-0.3, -0.25) is 4.79 Å². The standard InChI is InChI=1S/C12H18ClN3O3/c1-3-5-18-11-10(16-9(17)7-13)12(15-8-14-11)19-6-4-2/h8H,3-7H2,1-2H3,(H,16,17). The molecule has 6 nitrogen and oxygen atoms in total. The number of amides is 1. The van der Waals surface area contributed by atoms with Gasteiger partial charge in [0.2, 0.25) is 17.7 Å². The van der Waals surface area contributed by atoms with Gasteiger partial charge in [0, 0.05) is 0 Å². The summed E-state index contributed by atoms with van der Waals surface area (Å²) < 4.78 is 10.9. The normalized spacial score (nSPS) is 10.1. The number of nitrogens with zero attached hydrogens (tertiary/aromatic N) is 2. The summed E-state index contributed by atoms with van der Waals surface area (Å²) in [5.41, 5.74) is 0.329. The van der Waals surface area contributed by atoms with E-state index in [1.807, 2.05) is 13.8 Å². The van der Waals surface area contributed by atoms with Crippen molar-refractivity contribution in [3.63, 3.8) is 0 Å². The molecule has 0 bridgehead atoms. The Labute approximate surface area is 117 Å². The molecule has 1 aromatic heterocycles. The Morgan fingerprint density at radius 2 is 1.74 bits per heavy atom. The smallest absolute Gasteiger partial charge is 0.245 e. The fourth-order valence-corrected chi connectivity index (χ4v) is 1.32. The minimum absolute atomic E-state index is 0.157. The molecule has 0 aliphatic carbocycles. The Morgan fingerprint density at radius 3 is 2.16 bits per heavy atom. The number of rotatable bonds is 8. The first-order valence-corrected chi connectivity index (χ1v) is 6.72. The number of aromatic nitrogens is 2. The first-order valence-electron chi connectivity index (χ1n) is 6.19. The zero-order valence-corrected chi connectivity index (χ0v) is 11.9. The predicted octanol–water partition coefficient (Wildman–Crippen LogP) is 2.23. The second-order valence-electron chi connectivity index (χ2n) is 3.74. The van der Waals surface area contributed by atoms with Crippen molar-refractivity contribution in [1.29, 1.82) is 0 Å². The highest BCUT2D eigenvalue weighted by molar-refractivity contribution is 6.29. The monoisotopic (exact) mass is 287 g/mol. The van der Waals surface area contributed by atoms with Crippen LogP contribution in [0.3, 0.4) is 0 Å². The van der Waals surface area contributed by atoms with Crippen LogP contribution in [0.5, 0.6) is 11.8 Å². The highest BCUT2D eigenvalue weighted by Crippen LogP contribution is 2.30. The summed E-state index contributed by atoms with van der Waals surface area (Å²) in [6.45, 7) is 4.95. The average Bonchev–Trinajstić information content (AvgIpc) is 2.44. The van der Waals surface area contributed by atoms with Crippen LogP contribution in [0.4, 0.5) is 5.69 Å². The summed E-state index contributed by atoms with van der Waals surface area (Å²) in [6, 6.07) is 0. The Hall–Kier alpha value is -1.56. The van der Waals surface area contributed by atoms with Gasteiger partial charge in [-0.1, -0.05) is 13.8 Å². The molecule has 0 saturated carbocycles. The molecule has 0 unspecified atom stereocenters. The van der Waals surface area contributed by atoms with Crippen LogP contribution in [0.15, 0.2) is 6.33 Å². The quantitative estimate of drug-likeness (QED) is 0.742. The molecule has 0 aromatic carbocycles.